The zero-order valence-corrected chi connectivity index (χ0v) is 18.9. The normalized spacial score (nSPS) is 16.8. The van der Waals surface area contributed by atoms with Gasteiger partial charge in [-0.05, 0) is 61.0 Å². The second-order valence-electron chi connectivity index (χ2n) is 9.32. The monoisotopic (exact) mass is 409 g/mol. The maximum absolute atomic E-state index is 11.8. The number of nitrogens with zero attached hydrogens (tertiary/aromatic N) is 2. The summed E-state index contributed by atoms with van der Waals surface area (Å²) in [5.74, 6) is 1.34. The van der Waals surface area contributed by atoms with Gasteiger partial charge in [-0.3, -0.25) is 14.7 Å². The van der Waals surface area contributed by atoms with Gasteiger partial charge in [0.25, 0.3) is 0 Å². The van der Waals surface area contributed by atoms with Gasteiger partial charge in [-0.15, -0.1) is 0 Å². The third-order valence-corrected chi connectivity index (χ3v) is 6.01. The maximum Gasteiger partial charge on any atom is 0.217 e. The lowest BCUT2D eigenvalue weighted by molar-refractivity contribution is -0.120. The molecular weight excluding hydrogens is 374 g/mol. The number of nitrogens with one attached hydrogen (secondary N) is 1. The lowest BCUT2D eigenvalue weighted by Crippen LogP contribution is -2.40. The van der Waals surface area contributed by atoms with E-state index in [4.69, 9.17) is 4.74 Å². The Labute approximate surface area is 180 Å². The third kappa shape index (κ3) is 5.60. The number of ether oxygens (including phenoxy) is 1. The second-order valence-corrected chi connectivity index (χ2v) is 9.32. The number of methoxy groups -OCH3 is 1. The molecule has 0 bridgehead atoms. The maximum atomic E-state index is 11.8. The Morgan fingerprint density at radius 1 is 1.23 bits per heavy atom. The summed E-state index contributed by atoms with van der Waals surface area (Å²) in [6, 6.07) is 12.4. The average Bonchev–Trinajstić information content (AvgIpc) is 2.72. The number of hydrogen-bond acceptors (Lipinski definition) is 4. The molecule has 0 spiro atoms. The predicted molar refractivity (Wildman–Crippen MR) is 120 cm³/mol. The number of likely N-dealkylation sites (tertiary alicyclic amines) is 1. The Morgan fingerprint density at radius 2 is 1.97 bits per heavy atom. The van der Waals surface area contributed by atoms with E-state index in [1.807, 2.05) is 18.2 Å². The summed E-state index contributed by atoms with van der Waals surface area (Å²) >= 11 is 0. The molecule has 30 heavy (non-hydrogen) atoms. The van der Waals surface area contributed by atoms with Crippen molar-refractivity contribution >= 4 is 5.91 Å². The van der Waals surface area contributed by atoms with Crippen molar-refractivity contribution in [2.75, 3.05) is 20.2 Å². The van der Waals surface area contributed by atoms with E-state index in [9.17, 15) is 4.79 Å². The van der Waals surface area contributed by atoms with E-state index in [1.54, 1.807) is 20.2 Å². The first-order valence-electron chi connectivity index (χ1n) is 10.9. The van der Waals surface area contributed by atoms with Crippen LogP contribution in [0.1, 0.15) is 63.4 Å². The van der Waals surface area contributed by atoms with Crippen molar-refractivity contribution in [3.63, 3.8) is 0 Å². The van der Waals surface area contributed by atoms with Crippen LogP contribution in [-0.2, 0) is 16.8 Å². The molecule has 0 unspecified atom stereocenters. The summed E-state index contributed by atoms with van der Waals surface area (Å²) in [4.78, 5) is 18.8. The van der Waals surface area contributed by atoms with Gasteiger partial charge in [-0.1, -0.05) is 39.0 Å². The van der Waals surface area contributed by atoms with Crippen LogP contribution >= 0.6 is 0 Å². The number of rotatable bonds is 6. The number of aromatic nitrogens is 1. The minimum Gasteiger partial charge on any atom is -0.496 e. The number of pyridine rings is 1. The number of carbonyl (C=O) groups excluding carboxylic acids is 1. The summed E-state index contributed by atoms with van der Waals surface area (Å²) in [5.41, 5.74) is 3.63. The molecule has 162 valence electrons. The second kappa shape index (κ2) is 9.61. The van der Waals surface area contributed by atoms with Gasteiger partial charge >= 0.3 is 0 Å². The Morgan fingerprint density at radius 3 is 2.53 bits per heavy atom. The molecule has 5 heteroatoms. The van der Waals surface area contributed by atoms with Crippen LogP contribution in [0.15, 0.2) is 42.6 Å². The number of hydrogen-bond donors (Lipinski definition) is 1. The Balaban J connectivity index is 1.69. The topological polar surface area (TPSA) is 54.5 Å². The van der Waals surface area contributed by atoms with Gasteiger partial charge in [0.05, 0.1) is 18.8 Å². The smallest absolute Gasteiger partial charge is 0.217 e. The number of carbonyl (C=O) groups is 1. The number of benzene rings is 1. The van der Waals surface area contributed by atoms with Gasteiger partial charge in [0.2, 0.25) is 5.91 Å². The largest absolute Gasteiger partial charge is 0.496 e. The summed E-state index contributed by atoms with van der Waals surface area (Å²) in [5, 5.41) is 3.13. The zero-order valence-electron chi connectivity index (χ0n) is 18.9. The molecule has 1 aliphatic rings. The van der Waals surface area contributed by atoms with Crippen molar-refractivity contribution in [1.29, 1.82) is 0 Å². The molecule has 3 rings (SSSR count). The zero-order chi connectivity index (χ0) is 21.7. The lowest BCUT2D eigenvalue weighted by Gasteiger charge is -2.36. The van der Waals surface area contributed by atoms with Crippen molar-refractivity contribution < 1.29 is 9.53 Å². The molecule has 0 radical (unpaired) electrons. The molecule has 0 saturated carbocycles. The molecule has 1 amide bonds. The van der Waals surface area contributed by atoms with E-state index < -0.39 is 0 Å². The molecule has 1 atom stereocenters. The SMILES string of the molecule is COc1ccc(C(C)(C)C)cc1CN1CCC([C@H](NC(C)=O)c2ccccn2)CC1. The van der Waals surface area contributed by atoms with Gasteiger partial charge in [0, 0.05) is 25.2 Å². The highest BCUT2D eigenvalue weighted by Crippen LogP contribution is 2.33. The summed E-state index contributed by atoms with van der Waals surface area (Å²) in [6.07, 6.45) is 3.86. The predicted octanol–water partition coefficient (Wildman–Crippen LogP) is 4.48. The molecule has 1 saturated heterocycles. The van der Waals surface area contributed by atoms with E-state index in [0.717, 1.165) is 43.9 Å². The summed E-state index contributed by atoms with van der Waals surface area (Å²) in [6.45, 7) is 11.2. The quantitative estimate of drug-likeness (QED) is 0.764. The first-order valence-corrected chi connectivity index (χ1v) is 10.9. The Bertz CT molecular complexity index is 837. The van der Waals surface area contributed by atoms with Crippen LogP contribution in [0, 0.1) is 5.92 Å². The summed E-state index contributed by atoms with van der Waals surface area (Å²) in [7, 11) is 1.74. The van der Waals surface area contributed by atoms with Gasteiger partial charge in [0.15, 0.2) is 0 Å². The van der Waals surface area contributed by atoms with Crippen molar-refractivity contribution in [3.8, 4) is 5.75 Å². The van der Waals surface area contributed by atoms with Crippen LogP contribution < -0.4 is 10.1 Å². The highest BCUT2D eigenvalue weighted by atomic mass is 16.5. The van der Waals surface area contributed by atoms with E-state index in [0.29, 0.717) is 5.92 Å². The fourth-order valence-corrected chi connectivity index (χ4v) is 4.27. The van der Waals surface area contributed by atoms with Crippen LogP contribution in [0.2, 0.25) is 0 Å². The van der Waals surface area contributed by atoms with Crippen LogP contribution in [0.25, 0.3) is 0 Å². The molecule has 1 aromatic heterocycles. The van der Waals surface area contributed by atoms with Crippen LogP contribution in [-0.4, -0.2) is 36.0 Å². The lowest BCUT2D eigenvalue weighted by atomic mass is 9.85. The Hall–Kier alpha value is -2.40. The van der Waals surface area contributed by atoms with Crippen molar-refractivity contribution in [3.05, 3.63) is 59.4 Å². The minimum absolute atomic E-state index is 0.00295. The van der Waals surface area contributed by atoms with Gasteiger partial charge in [-0.25, -0.2) is 0 Å². The number of piperidine rings is 1. The molecule has 2 aromatic rings. The fourth-order valence-electron chi connectivity index (χ4n) is 4.27. The van der Waals surface area contributed by atoms with E-state index in [1.165, 1.54) is 11.1 Å². The minimum atomic E-state index is -0.0235. The van der Waals surface area contributed by atoms with Gasteiger partial charge < -0.3 is 10.1 Å². The first kappa shape index (κ1) is 22.3. The van der Waals surface area contributed by atoms with Crippen LogP contribution in [0.4, 0.5) is 0 Å². The highest BCUT2D eigenvalue weighted by Gasteiger charge is 2.29. The molecule has 1 aliphatic heterocycles. The van der Waals surface area contributed by atoms with Crippen molar-refractivity contribution in [1.82, 2.24) is 15.2 Å². The highest BCUT2D eigenvalue weighted by molar-refractivity contribution is 5.73. The van der Waals surface area contributed by atoms with Gasteiger partial charge in [-0.2, -0.15) is 0 Å². The van der Waals surface area contributed by atoms with Crippen molar-refractivity contribution in [2.24, 2.45) is 5.92 Å². The molecule has 1 aromatic carbocycles. The van der Waals surface area contributed by atoms with E-state index in [2.05, 4.69) is 54.2 Å². The van der Waals surface area contributed by atoms with Crippen LogP contribution in [0.3, 0.4) is 0 Å². The molecule has 2 heterocycles. The summed E-state index contributed by atoms with van der Waals surface area (Å²) < 4.78 is 5.63. The fraction of sp³-hybridized carbons (Fsp3) is 0.520. The molecule has 1 N–H and O–H groups in total. The molecule has 0 aliphatic carbocycles. The molecule has 5 nitrogen and oxygen atoms in total. The number of amides is 1. The third-order valence-electron chi connectivity index (χ3n) is 6.01. The standard InChI is InChI=1S/C25H35N3O2/c1-18(29)27-24(22-8-6-7-13-26-22)19-11-14-28(15-12-19)17-20-16-21(25(2,3)4)9-10-23(20)30-5/h6-10,13,16,19,24H,11-12,14-15,17H2,1-5H3,(H,27,29)/t24-/m0/s1. The average molecular weight is 410 g/mol. The first-order chi connectivity index (χ1) is 14.3. The molecular formula is C25H35N3O2. The van der Waals surface area contributed by atoms with E-state index >= 15 is 0 Å². The van der Waals surface area contributed by atoms with Gasteiger partial charge in [0.1, 0.15) is 5.75 Å². The molecule has 1 fully saturated rings. The van der Waals surface area contributed by atoms with Crippen LogP contribution in [0.5, 0.6) is 5.75 Å². The Kier molecular flexibility index (Phi) is 7.14. The van der Waals surface area contributed by atoms with Crippen molar-refractivity contribution in [2.45, 2.75) is 58.5 Å². The van der Waals surface area contributed by atoms with E-state index in [-0.39, 0.29) is 17.4 Å².